The zero-order chi connectivity index (χ0) is 17.0. The molecule has 2 rings (SSSR count). The van der Waals surface area contributed by atoms with E-state index in [9.17, 15) is 14.4 Å². The number of ketones is 1. The molecule has 1 aliphatic rings. The molecule has 1 aromatic carbocycles. The molecule has 0 spiro atoms. The number of carbonyl (C=O) groups excluding carboxylic acids is 3. The van der Waals surface area contributed by atoms with Gasteiger partial charge in [-0.25, -0.2) is 4.79 Å². The van der Waals surface area contributed by atoms with E-state index in [4.69, 9.17) is 9.47 Å². The highest BCUT2D eigenvalue weighted by molar-refractivity contribution is 6.13. The zero-order valence-corrected chi connectivity index (χ0v) is 13.5. The molecule has 0 saturated carbocycles. The number of carbonyl (C=O) groups is 3. The summed E-state index contributed by atoms with van der Waals surface area (Å²) in [6.45, 7) is 3.71. The second-order valence-corrected chi connectivity index (χ2v) is 5.31. The number of nitrogens with zero attached hydrogens (tertiary/aromatic N) is 1. The van der Waals surface area contributed by atoms with E-state index in [-0.39, 0.29) is 13.2 Å². The minimum absolute atomic E-state index is 0.177. The van der Waals surface area contributed by atoms with Crippen molar-refractivity contribution in [3.05, 3.63) is 35.9 Å². The minimum atomic E-state index is -1.09. The van der Waals surface area contributed by atoms with Crippen LogP contribution < -0.4 is 0 Å². The van der Waals surface area contributed by atoms with E-state index in [1.54, 1.807) is 25.8 Å². The van der Waals surface area contributed by atoms with Crippen LogP contribution in [0.2, 0.25) is 0 Å². The first-order chi connectivity index (χ1) is 11.0. The van der Waals surface area contributed by atoms with Gasteiger partial charge >= 0.3 is 11.9 Å². The lowest BCUT2D eigenvalue weighted by Crippen LogP contribution is -2.39. The van der Waals surface area contributed by atoms with Crippen molar-refractivity contribution in [2.24, 2.45) is 5.92 Å². The van der Waals surface area contributed by atoms with Gasteiger partial charge in [-0.2, -0.15) is 0 Å². The summed E-state index contributed by atoms with van der Waals surface area (Å²) in [6.07, 6.45) is 0. The Kier molecular flexibility index (Phi) is 5.50. The number of likely N-dealkylation sites (N-methyl/N-ethyl adjacent to an activating group) is 1. The van der Waals surface area contributed by atoms with E-state index < -0.39 is 35.7 Å². The van der Waals surface area contributed by atoms with Crippen LogP contribution >= 0.6 is 0 Å². The van der Waals surface area contributed by atoms with Crippen LogP contribution in [-0.4, -0.2) is 48.9 Å². The number of hydrogen-bond donors (Lipinski definition) is 0. The first kappa shape index (κ1) is 17.1. The predicted molar refractivity (Wildman–Crippen MR) is 82.5 cm³/mol. The molecule has 6 nitrogen and oxygen atoms in total. The Morgan fingerprint density at radius 3 is 2.17 bits per heavy atom. The predicted octanol–water partition coefficient (Wildman–Crippen LogP) is 1.35. The highest BCUT2D eigenvalue weighted by atomic mass is 16.5. The minimum Gasteiger partial charge on any atom is -0.465 e. The third-order valence-corrected chi connectivity index (χ3v) is 3.93. The molecule has 0 aromatic heterocycles. The summed E-state index contributed by atoms with van der Waals surface area (Å²) in [5, 5.41) is 0. The van der Waals surface area contributed by atoms with Crippen molar-refractivity contribution >= 4 is 17.7 Å². The van der Waals surface area contributed by atoms with Crippen LogP contribution in [0.25, 0.3) is 0 Å². The fraction of sp³-hybridized carbons (Fsp3) is 0.471. The highest BCUT2D eigenvalue weighted by Crippen LogP contribution is 2.38. The number of esters is 2. The molecule has 0 unspecified atom stereocenters. The smallest absolute Gasteiger partial charge is 0.331 e. The van der Waals surface area contributed by atoms with Gasteiger partial charge in [0.05, 0.1) is 19.3 Å². The lowest BCUT2D eigenvalue weighted by Gasteiger charge is -2.25. The quantitative estimate of drug-likeness (QED) is 0.602. The average Bonchev–Trinajstić information content (AvgIpc) is 2.79. The van der Waals surface area contributed by atoms with Gasteiger partial charge in [-0.15, -0.1) is 0 Å². The number of ether oxygens (including phenoxy) is 2. The summed E-state index contributed by atoms with van der Waals surface area (Å²) >= 11 is 0. The maximum atomic E-state index is 12.7. The van der Waals surface area contributed by atoms with Gasteiger partial charge in [-0.1, -0.05) is 30.3 Å². The topological polar surface area (TPSA) is 72.9 Å². The average molecular weight is 319 g/mol. The lowest BCUT2D eigenvalue weighted by molar-refractivity contribution is -0.152. The molecule has 124 valence electrons. The van der Waals surface area contributed by atoms with Gasteiger partial charge in [0, 0.05) is 0 Å². The SMILES string of the molecule is CCOC(=O)[C@@H]1C(=O)[C@@H](C(=O)OCC)N(C)[C@@H]1c1ccccc1. The van der Waals surface area contributed by atoms with Gasteiger partial charge < -0.3 is 9.47 Å². The summed E-state index contributed by atoms with van der Waals surface area (Å²) in [4.78, 5) is 38.7. The molecule has 3 atom stereocenters. The van der Waals surface area contributed by atoms with Gasteiger partial charge in [0.15, 0.2) is 11.8 Å². The highest BCUT2D eigenvalue weighted by Gasteiger charge is 2.54. The molecule has 23 heavy (non-hydrogen) atoms. The monoisotopic (exact) mass is 319 g/mol. The van der Waals surface area contributed by atoms with Crippen LogP contribution in [0.4, 0.5) is 0 Å². The third-order valence-electron chi connectivity index (χ3n) is 3.93. The molecule has 0 radical (unpaired) electrons. The van der Waals surface area contributed by atoms with E-state index in [0.717, 1.165) is 5.56 Å². The summed E-state index contributed by atoms with van der Waals surface area (Å²) in [7, 11) is 1.65. The number of hydrogen-bond acceptors (Lipinski definition) is 6. The summed E-state index contributed by atoms with van der Waals surface area (Å²) in [6, 6.07) is 7.53. The maximum absolute atomic E-state index is 12.7. The Morgan fingerprint density at radius 2 is 1.61 bits per heavy atom. The number of rotatable bonds is 5. The number of likely N-dealkylation sites (tertiary alicyclic amines) is 1. The molecule has 0 bridgehead atoms. The summed E-state index contributed by atoms with van der Waals surface area (Å²) in [5.41, 5.74) is 0.785. The van der Waals surface area contributed by atoms with Crippen molar-refractivity contribution < 1.29 is 23.9 Å². The molecule has 1 aliphatic heterocycles. The third kappa shape index (κ3) is 3.27. The summed E-state index contributed by atoms with van der Waals surface area (Å²) < 4.78 is 10.0. The molecule has 1 fully saturated rings. The molecule has 6 heteroatoms. The first-order valence-electron chi connectivity index (χ1n) is 7.66. The Hall–Kier alpha value is -2.21. The van der Waals surface area contributed by atoms with E-state index >= 15 is 0 Å². The van der Waals surface area contributed by atoms with Crippen LogP contribution in [0.3, 0.4) is 0 Å². The molecule has 1 heterocycles. The van der Waals surface area contributed by atoms with E-state index in [1.165, 1.54) is 0 Å². The van der Waals surface area contributed by atoms with E-state index in [0.29, 0.717) is 0 Å². The molecule has 1 aromatic rings. The molecule has 0 N–H and O–H groups in total. The molecule has 1 saturated heterocycles. The fourth-order valence-electron chi connectivity index (χ4n) is 2.98. The van der Waals surface area contributed by atoms with Crippen molar-refractivity contribution in [1.29, 1.82) is 0 Å². The van der Waals surface area contributed by atoms with Crippen LogP contribution in [-0.2, 0) is 23.9 Å². The van der Waals surface area contributed by atoms with E-state index in [2.05, 4.69) is 0 Å². The van der Waals surface area contributed by atoms with Gasteiger partial charge in [-0.3, -0.25) is 14.5 Å². The van der Waals surface area contributed by atoms with Crippen molar-refractivity contribution in [2.45, 2.75) is 25.9 Å². The molecule has 0 amide bonds. The van der Waals surface area contributed by atoms with Gasteiger partial charge in [-0.05, 0) is 26.5 Å². The summed E-state index contributed by atoms with van der Waals surface area (Å²) in [5.74, 6) is -2.74. The lowest BCUT2D eigenvalue weighted by atomic mass is 9.92. The Bertz CT molecular complexity index is 586. The molecule has 0 aliphatic carbocycles. The van der Waals surface area contributed by atoms with Crippen molar-refractivity contribution in [3.8, 4) is 0 Å². The normalized spacial score (nSPS) is 24.5. The van der Waals surface area contributed by atoms with Crippen molar-refractivity contribution in [1.82, 2.24) is 4.90 Å². The van der Waals surface area contributed by atoms with Crippen molar-refractivity contribution in [2.75, 3.05) is 20.3 Å². The molecular weight excluding hydrogens is 298 g/mol. The van der Waals surface area contributed by atoms with Gasteiger partial charge in [0.25, 0.3) is 0 Å². The number of Topliss-reactive ketones (excluding diaryl/α,β-unsaturated/α-hetero) is 1. The van der Waals surface area contributed by atoms with Crippen molar-refractivity contribution in [3.63, 3.8) is 0 Å². The second-order valence-electron chi connectivity index (χ2n) is 5.31. The van der Waals surface area contributed by atoms with Crippen LogP contribution in [0.15, 0.2) is 30.3 Å². The largest absolute Gasteiger partial charge is 0.465 e. The maximum Gasteiger partial charge on any atom is 0.331 e. The Balaban J connectivity index is 2.41. The Labute approximate surface area is 135 Å². The number of benzene rings is 1. The van der Waals surface area contributed by atoms with Gasteiger partial charge in [0.1, 0.15) is 5.92 Å². The zero-order valence-electron chi connectivity index (χ0n) is 13.5. The first-order valence-corrected chi connectivity index (χ1v) is 7.66. The standard InChI is InChI=1S/C17H21NO5/c1-4-22-16(20)12-13(11-9-7-6-8-10-11)18(3)14(15(12)19)17(21)23-5-2/h6-10,12-14H,4-5H2,1-3H3/t12-,13+,14-/m0/s1. The Morgan fingerprint density at radius 1 is 1.04 bits per heavy atom. The van der Waals surface area contributed by atoms with Crippen LogP contribution in [0.5, 0.6) is 0 Å². The van der Waals surface area contributed by atoms with Crippen LogP contribution in [0, 0.1) is 5.92 Å². The van der Waals surface area contributed by atoms with Gasteiger partial charge in [0.2, 0.25) is 0 Å². The van der Waals surface area contributed by atoms with E-state index in [1.807, 2.05) is 30.3 Å². The molecular formula is C17H21NO5. The second kappa shape index (κ2) is 7.37. The fourth-order valence-corrected chi connectivity index (χ4v) is 2.98. The van der Waals surface area contributed by atoms with Crippen LogP contribution in [0.1, 0.15) is 25.5 Å².